The third-order valence-electron chi connectivity index (χ3n) is 5.42. The molecule has 7 heteroatoms. The summed E-state index contributed by atoms with van der Waals surface area (Å²) < 4.78 is 10.6. The summed E-state index contributed by atoms with van der Waals surface area (Å²) in [5.74, 6) is 1.54. The van der Waals surface area contributed by atoms with Gasteiger partial charge in [-0.25, -0.2) is 0 Å². The number of aromatic nitrogens is 2. The Hall–Kier alpha value is -3.61. The molecule has 1 saturated heterocycles. The molecule has 31 heavy (non-hydrogen) atoms. The molecule has 0 aliphatic carbocycles. The van der Waals surface area contributed by atoms with Gasteiger partial charge in [0.1, 0.15) is 17.1 Å². The molecule has 160 valence electrons. The number of benzene rings is 2. The first-order chi connectivity index (χ1) is 15.2. The third kappa shape index (κ3) is 4.60. The van der Waals surface area contributed by atoms with Crippen molar-refractivity contribution in [2.75, 3.05) is 37.5 Å². The molecule has 1 aliphatic heterocycles. The highest BCUT2D eigenvalue weighted by Crippen LogP contribution is 2.29. The zero-order valence-corrected chi connectivity index (χ0v) is 17.8. The van der Waals surface area contributed by atoms with E-state index in [-0.39, 0.29) is 5.91 Å². The number of rotatable bonds is 6. The van der Waals surface area contributed by atoms with Crippen LogP contribution in [0.15, 0.2) is 54.6 Å². The van der Waals surface area contributed by atoms with Crippen LogP contribution in [-0.4, -0.2) is 43.4 Å². The second-order valence-corrected chi connectivity index (χ2v) is 7.39. The van der Waals surface area contributed by atoms with Crippen LogP contribution in [0.5, 0.6) is 11.5 Å². The molecule has 1 aliphatic rings. The molecule has 2 aromatic carbocycles. The van der Waals surface area contributed by atoms with Gasteiger partial charge in [0, 0.05) is 24.3 Å². The highest BCUT2D eigenvalue weighted by atomic mass is 16.5. The van der Waals surface area contributed by atoms with E-state index in [9.17, 15) is 4.79 Å². The number of nitrogens with zero attached hydrogens (tertiary/aromatic N) is 3. The number of piperidine rings is 1. The van der Waals surface area contributed by atoms with E-state index in [1.165, 1.54) is 33.5 Å². The number of hydrogen-bond acceptors (Lipinski definition) is 6. The van der Waals surface area contributed by atoms with Gasteiger partial charge in [-0.1, -0.05) is 18.2 Å². The first kappa shape index (κ1) is 20.7. The minimum Gasteiger partial charge on any atom is -0.496 e. The maximum absolute atomic E-state index is 12.8. The molecule has 0 atom stereocenters. The molecule has 1 fully saturated rings. The van der Waals surface area contributed by atoms with Gasteiger partial charge in [0.05, 0.1) is 19.9 Å². The molecule has 7 nitrogen and oxygen atoms in total. The third-order valence-corrected chi connectivity index (χ3v) is 5.42. The van der Waals surface area contributed by atoms with Gasteiger partial charge in [0.25, 0.3) is 5.91 Å². The Labute approximate surface area is 182 Å². The van der Waals surface area contributed by atoms with E-state index >= 15 is 0 Å². The summed E-state index contributed by atoms with van der Waals surface area (Å²) in [6, 6.07) is 16.8. The van der Waals surface area contributed by atoms with E-state index in [0.717, 1.165) is 30.2 Å². The van der Waals surface area contributed by atoms with E-state index in [2.05, 4.69) is 20.4 Å². The Kier molecular flexibility index (Phi) is 6.31. The lowest BCUT2D eigenvalue weighted by molar-refractivity contribution is 0.102. The van der Waals surface area contributed by atoms with E-state index in [1.54, 1.807) is 18.2 Å². The molecule has 0 spiro atoms. The fraction of sp³-hybridized carbons (Fsp3) is 0.292. The normalized spacial score (nSPS) is 13.5. The van der Waals surface area contributed by atoms with E-state index in [4.69, 9.17) is 9.47 Å². The van der Waals surface area contributed by atoms with Crippen LogP contribution in [0.2, 0.25) is 0 Å². The predicted molar refractivity (Wildman–Crippen MR) is 121 cm³/mol. The molecule has 0 bridgehead atoms. The van der Waals surface area contributed by atoms with Crippen molar-refractivity contribution in [3.8, 4) is 22.8 Å². The van der Waals surface area contributed by atoms with E-state index in [0.29, 0.717) is 22.7 Å². The van der Waals surface area contributed by atoms with Crippen LogP contribution < -0.4 is 19.7 Å². The lowest BCUT2D eigenvalue weighted by Gasteiger charge is -2.27. The molecular weight excluding hydrogens is 392 g/mol. The van der Waals surface area contributed by atoms with Crippen LogP contribution in [0, 0.1) is 0 Å². The largest absolute Gasteiger partial charge is 0.496 e. The van der Waals surface area contributed by atoms with Crippen molar-refractivity contribution in [1.82, 2.24) is 10.2 Å². The van der Waals surface area contributed by atoms with E-state index in [1.807, 2.05) is 36.4 Å². The van der Waals surface area contributed by atoms with Crippen LogP contribution >= 0.6 is 0 Å². The zero-order chi connectivity index (χ0) is 21.6. The Balaban J connectivity index is 1.47. The van der Waals surface area contributed by atoms with Crippen LogP contribution in [0.3, 0.4) is 0 Å². The smallest absolute Gasteiger partial charge is 0.263 e. The molecule has 1 aromatic heterocycles. The Morgan fingerprint density at radius 2 is 1.55 bits per heavy atom. The molecule has 0 saturated carbocycles. The van der Waals surface area contributed by atoms with Gasteiger partial charge in [0.15, 0.2) is 5.82 Å². The molecule has 1 N–H and O–H groups in total. The lowest BCUT2D eigenvalue weighted by Crippen LogP contribution is -2.30. The Bertz CT molecular complexity index is 1010. The first-order valence-corrected chi connectivity index (χ1v) is 10.4. The summed E-state index contributed by atoms with van der Waals surface area (Å²) in [6.45, 7) is 2.08. The van der Waals surface area contributed by atoms with Gasteiger partial charge in [-0.2, -0.15) is 0 Å². The average Bonchev–Trinajstić information content (AvgIpc) is 2.84. The number of carbonyl (C=O) groups excluding carboxylic acids is 1. The number of methoxy groups -OCH3 is 2. The van der Waals surface area contributed by atoms with Gasteiger partial charge >= 0.3 is 0 Å². The van der Waals surface area contributed by atoms with Gasteiger partial charge < -0.3 is 19.7 Å². The maximum atomic E-state index is 12.8. The second-order valence-electron chi connectivity index (χ2n) is 7.39. The van der Waals surface area contributed by atoms with Gasteiger partial charge in [0.2, 0.25) is 0 Å². The minimum atomic E-state index is -0.298. The number of carbonyl (C=O) groups is 1. The van der Waals surface area contributed by atoms with Crippen molar-refractivity contribution >= 4 is 17.4 Å². The molecule has 3 aromatic rings. The minimum absolute atomic E-state index is 0.298. The highest BCUT2D eigenvalue weighted by molar-refractivity contribution is 6.08. The predicted octanol–water partition coefficient (Wildman–Crippen LogP) is 4.40. The molecule has 1 amide bonds. The van der Waals surface area contributed by atoms with Crippen molar-refractivity contribution in [3.63, 3.8) is 0 Å². The standard InChI is InChI=1S/C24H26N4O3/c1-30-20-7-6-8-21(31-2)23(20)24(29)25-18-11-9-17(10-12-18)19-13-14-22(27-26-19)28-15-4-3-5-16-28/h6-14H,3-5,15-16H2,1-2H3,(H,25,29). The van der Waals surface area contributed by atoms with Gasteiger partial charge in [-0.05, 0) is 55.7 Å². The van der Waals surface area contributed by atoms with Crippen molar-refractivity contribution in [2.24, 2.45) is 0 Å². The Morgan fingerprint density at radius 3 is 2.13 bits per heavy atom. The van der Waals surface area contributed by atoms with E-state index < -0.39 is 0 Å². The molecule has 0 radical (unpaired) electrons. The fourth-order valence-electron chi connectivity index (χ4n) is 3.76. The fourth-order valence-corrected chi connectivity index (χ4v) is 3.76. The van der Waals surface area contributed by atoms with Crippen molar-refractivity contribution in [3.05, 3.63) is 60.2 Å². The SMILES string of the molecule is COc1cccc(OC)c1C(=O)Nc1ccc(-c2ccc(N3CCCCC3)nn2)cc1. The van der Waals surface area contributed by atoms with Crippen LogP contribution in [0.4, 0.5) is 11.5 Å². The summed E-state index contributed by atoms with van der Waals surface area (Å²) >= 11 is 0. The summed E-state index contributed by atoms with van der Waals surface area (Å²) in [4.78, 5) is 15.1. The number of anilines is 2. The number of amides is 1. The molecule has 2 heterocycles. The first-order valence-electron chi connectivity index (χ1n) is 10.4. The van der Waals surface area contributed by atoms with Crippen molar-refractivity contribution in [2.45, 2.75) is 19.3 Å². The van der Waals surface area contributed by atoms with Crippen LogP contribution in [-0.2, 0) is 0 Å². The lowest BCUT2D eigenvalue weighted by atomic mass is 10.1. The summed E-state index contributed by atoms with van der Waals surface area (Å²) in [7, 11) is 3.05. The van der Waals surface area contributed by atoms with Crippen molar-refractivity contribution < 1.29 is 14.3 Å². The van der Waals surface area contributed by atoms with Crippen LogP contribution in [0.1, 0.15) is 29.6 Å². The summed E-state index contributed by atoms with van der Waals surface area (Å²) in [5, 5.41) is 11.7. The number of hydrogen-bond donors (Lipinski definition) is 1. The zero-order valence-electron chi connectivity index (χ0n) is 17.8. The molecular formula is C24H26N4O3. The van der Waals surface area contributed by atoms with Crippen molar-refractivity contribution in [1.29, 1.82) is 0 Å². The molecule has 4 rings (SSSR count). The monoisotopic (exact) mass is 418 g/mol. The summed E-state index contributed by atoms with van der Waals surface area (Å²) in [5.41, 5.74) is 2.76. The maximum Gasteiger partial charge on any atom is 0.263 e. The second kappa shape index (κ2) is 9.47. The number of nitrogens with one attached hydrogen (secondary N) is 1. The van der Waals surface area contributed by atoms with Crippen LogP contribution in [0.25, 0.3) is 11.3 Å². The highest BCUT2D eigenvalue weighted by Gasteiger charge is 2.18. The quantitative estimate of drug-likeness (QED) is 0.639. The van der Waals surface area contributed by atoms with Gasteiger partial charge in [-0.15, -0.1) is 10.2 Å². The van der Waals surface area contributed by atoms with Gasteiger partial charge in [-0.3, -0.25) is 4.79 Å². The number of ether oxygens (including phenoxy) is 2. The molecule has 0 unspecified atom stereocenters. The summed E-state index contributed by atoms with van der Waals surface area (Å²) in [6.07, 6.45) is 3.70. The topological polar surface area (TPSA) is 76.6 Å². The average molecular weight is 418 g/mol. The Morgan fingerprint density at radius 1 is 0.871 bits per heavy atom.